The highest BCUT2D eigenvalue weighted by Crippen LogP contribution is 2.31. The molecule has 0 radical (unpaired) electrons. The number of halogens is 2. The van der Waals surface area contributed by atoms with Crippen LogP contribution in [0.4, 0.5) is 4.39 Å². The van der Waals surface area contributed by atoms with Gasteiger partial charge in [-0.3, -0.25) is 4.68 Å². The number of hydrogen-bond donors (Lipinski definition) is 1. The topological polar surface area (TPSA) is 39.1 Å². The molecule has 2 aromatic rings. The first-order valence-corrected chi connectivity index (χ1v) is 6.70. The maximum Gasteiger partial charge on any atom is 0.161 e. The zero-order valence-corrected chi connectivity index (χ0v) is 12.4. The first-order chi connectivity index (χ1) is 9.58. The molecule has 1 N–H and O–H groups in total. The van der Waals surface area contributed by atoms with E-state index >= 15 is 0 Å². The van der Waals surface area contributed by atoms with E-state index in [4.69, 9.17) is 16.3 Å². The molecule has 1 aromatic heterocycles. The van der Waals surface area contributed by atoms with E-state index in [0.717, 1.165) is 5.69 Å². The van der Waals surface area contributed by atoms with Crippen molar-refractivity contribution in [1.29, 1.82) is 0 Å². The molecule has 0 aliphatic carbocycles. The van der Waals surface area contributed by atoms with Crippen LogP contribution >= 0.6 is 11.6 Å². The Morgan fingerprint density at radius 3 is 2.85 bits per heavy atom. The minimum Gasteiger partial charge on any atom is -0.493 e. The average molecular weight is 298 g/mol. The van der Waals surface area contributed by atoms with Gasteiger partial charge in [-0.2, -0.15) is 5.10 Å². The fraction of sp³-hybridized carbons (Fsp3) is 0.357. The molecule has 0 saturated heterocycles. The number of aryl methyl sites for hydroxylation is 1. The number of aromatic nitrogens is 2. The fourth-order valence-electron chi connectivity index (χ4n) is 2.21. The summed E-state index contributed by atoms with van der Waals surface area (Å²) in [6.07, 6.45) is 1.62. The molecule has 108 valence electrons. The van der Waals surface area contributed by atoms with Gasteiger partial charge in [0.1, 0.15) is 11.5 Å². The Balaban J connectivity index is 2.53. The lowest BCUT2D eigenvalue weighted by atomic mass is 10.0. The van der Waals surface area contributed by atoms with Crippen molar-refractivity contribution < 1.29 is 9.13 Å². The largest absolute Gasteiger partial charge is 0.493 e. The summed E-state index contributed by atoms with van der Waals surface area (Å²) < 4.78 is 21.2. The zero-order valence-electron chi connectivity index (χ0n) is 11.7. The van der Waals surface area contributed by atoms with Gasteiger partial charge in [0.15, 0.2) is 5.75 Å². The maximum absolute atomic E-state index is 14.2. The lowest BCUT2D eigenvalue weighted by molar-refractivity contribution is 0.400. The summed E-state index contributed by atoms with van der Waals surface area (Å²) in [4.78, 5) is 0. The van der Waals surface area contributed by atoms with Crippen molar-refractivity contribution in [2.45, 2.75) is 13.0 Å². The Morgan fingerprint density at radius 1 is 1.50 bits per heavy atom. The summed E-state index contributed by atoms with van der Waals surface area (Å²) in [7, 11) is 3.37. The number of nitrogens with one attached hydrogen (secondary N) is 1. The van der Waals surface area contributed by atoms with Crippen molar-refractivity contribution in [3.63, 3.8) is 0 Å². The highest BCUT2D eigenvalue weighted by molar-refractivity contribution is 6.30. The third-order valence-electron chi connectivity index (χ3n) is 3.12. The van der Waals surface area contributed by atoms with Crippen molar-refractivity contribution >= 4 is 11.6 Å². The highest BCUT2D eigenvalue weighted by Gasteiger charge is 2.24. The van der Waals surface area contributed by atoms with Crippen molar-refractivity contribution in [2.75, 3.05) is 13.7 Å². The van der Waals surface area contributed by atoms with Gasteiger partial charge in [-0.15, -0.1) is 0 Å². The van der Waals surface area contributed by atoms with Gasteiger partial charge in [0, 0.05) is 17.6 Å². The molecule has 0 aliphatic rings. The summed E-state index contributed by atoms with van der Waals surface area (Å²) in [5, 5.41) is 7.79. The molecule has 4 nitrogen and oxygen atoms in total. The molecule has 1 heterocycles. The second-order valence-corrected chi connectivity index (χ2v) is 4.81. The summed E-state index contributed by atoms with van der Waals surface area (Å²) in [6.45, 7) is 2.64. The number of hydrogen-bond acceptors (Lipinski definition) is 3. The van der Waals surface area contributed by atoms with Crippen LogP contribution < -0.4 is 10.1 Å². The van der Waals surface area contributed by atoms with Crippen LogP contribution in [0.2, 0.25) is 5.02 Å². The molecule has 0 fully saturated rings. The number of ether oxygens (including phenoxy) is 1. The van der Waals surface area contributed by atoms with Crippen LogP contribution in [-0.4, -0.2) is 23.4 Å². The Bertz CT molecular complexity index is 600. The molecule has 1 atom stereocenters. The zero-order chi connectivity index (χ0) is 14.7. The SMILES string of the molecule is CCNC(c1ccc(Cl)cc1F)c1c(OC)cnn1C. The Kier molecular flexibility index (Phi) is 4.62. The second-order valence-electron chi connectivity index (χ2n) is 4.38. The standard InChI is InChI=1S/C14H17ClFN3O/c1-4-17-13(10-6-5-9(15)7-11(10)16)14-12(20-3)8-18-19(14)2/h5-8,13,17H,4H2,1-3H3. The van der Waals surface area contributed by atoms with Crippen LogP contribution in [-0.2, 0) is 7.05 Å². The van der Waals surface area contributed by atoms with E-state index in [2.05, 4.69) is 10.4 Å². The number of methoxy groups -OCH3 is 1. The second kappa shape index (κ2) is 6.24. The Morgan fingerprint density at radius 2 is 2.25 bits per heavy atom. The minimum absolute atomic E-state index is 0.347. The van der Waals surface area contributed by atoms with Gasteiger partial charge < -0.3 is 10.1 Å². The monoisotopic (exact) mass is 297 g/mol. The molecule has 1 aromatic carbocycles. The van der Waals surface area contributed by atoms with Crippen molar-refractivity contribution in [1.82, 2.24) is 15.1 Å². The van der Waals surface area contributed by atoms with E-state index in [0.29, 0.717) is 22.9 Å². The minimum atomic E-state index is -0.355. The fourth-order valence-corrected chi connectivity index (χ4v) is 2.37. The van der Waals surface area contributed by atoms with E-state index in [1.807, 2.05) is 6.92 Å². The van der Waals surface area contributed by atoms with Crippen molar-refractivity contribution in [3.8, 4) is 5.75 Å². The summed E-state index contributed by atoms with van der Waals surface area (Å²) in [6, 6.07) is 4.31. The van der Waals surface area contributed by atoms with Gasteiger partial charge in [0.25, 0.3) is 0 Å². The third-order valence-corrected chi connectivity index (χ3v) is 3.36. The number of benzene rings is 1. The smallest absolute Gasteiger partial charge is 0.161 e. The van der Waals surface area contributed by atoms with Crippen LogP contribution in [0, 0.1) is 5.82 Å². The molecule has 1 unspecified atom stereocenters. The van der Waals surface area contributed by atoms with Gasteiger partial charge in [-0.1, -0.05) is 24.6 Å². The van der Waals surface area contributed by atoms with Gasteiger partial charge >= 0.3 is 0 Å². The van der Waals surface area contributed by atoms with Gasteiger partial charge in [0.2, 0.25) is 0 Å². The summed E-state index contributed by atoms with van der Waals surface area (Å²) in [5.41, 5.74) is 1.29. The normalized spacial score (nSPS) is 12.4. The van der Waals surface area contributed by atoms with E-state index < -0.39 is 0 Å². The van der Waals surface area contributed by atoms with Crippen molar-refractivity contribution in [2.24, 2.45) is 7.05 Å². The Labute approximate surface area is 122 Å². The molecule has 0 saturated carbocycles. The molecule has 0 amide bonds. The first kappa shape index (κ1) is 14.8. The van der Waals surface area contributed by atoms with E-state index in [-0.39, 0.29) is 11.9 Å². The molecular formula is C14H17ClFN3O. The lowest BCUT2D eigenvalue weighted by Gasteiger charge is -2.20. The number of rotatable bonds is 5. The predicted molar refractivity (Wildman–Crippen MR) is 76.7 cm³/mol. The van der Waals surface area contributed by atoms with Gasteiger partial charge in [0.05, 0.1) is 19.3 Å². The van der Waals surface area contributed by atoms with E-state index in [9.17, 15) is 4.39 Å². The van der Waals surface area contributed by atoms with Crippen LogP contribution in [0.1, 0.15) is 24.2 Å². The molecule has 0 spiro atoms. The molecule has 6 heteroatoms. The summed E-state index contributed by atoms with van der Waals surface area (Å²) >= 11 is 5.81. The van der Waals surface area contributed by atoms with Crippen LogP contribution in [0.15, 0.2) is 24.4 Å². The van der Waals surface area contributed by atoms with Crippen LogP contribution in [0.25, 0.3) is 0 Å². The van der Waals surface area contributed by atoms with Crippen molar-refractivity contribution in [3.05, 3.63) is 46.5 Å². The Hall–Kier alpha value is -1.59. The third kappa shape index (κ3) is 2.78. The molecular weight excluding hydrogens is 281 g/mol. The molecule has 2 rings (SSSR count). The maximum atomic E-state index is 14.2. The van der Waals surface area contributed by atoms with Crippen LogP contribution in [0.3, 0.4) is 0 Å². The first-order valence-electron chi connectivity index (χ1n) is 6.32. The average Bonchev–Trinajstić information content (AvgIpc) is 2.78. The molecule has 0 aliphatic heterocycles. The lowest BCUT2D eigenvalue weighted by Crippen LogP contribution is -2.25. The summed E-state index contributed by atoms with van der Waals surface area (Å²) in [5.74, 6) is 0.263. The van der Waals surface area contributed by atoms with Gasteiger partial charge in [-0.25, -0.2) is 4.39 Å². The van der Waals surface area contributed by atoms with E-state index in [1.165, 1.54) is 6.07 Å². The van der Waals surface area contributed by atoms with E-state index in [1.54, 1.807) is 37.2 Å². The molecule has 20 heavy (non-hydrogen) atoms. The number of nitrogens with zero attached hydrogens (tertiary/aromatic N) is 2. The molecule has 0 bridgehead atoms. The van der Waals surface area contributed by atoms with Crippen LogP contribution in [0.5, 0.6) is 5.75 Å². The quantitative estimate of drug-likeness (QED) is 0.922. The highest BCUT2D eigenvalue weighted by atomic mass is 35.5. The van der Waals surface area contributed by atoms with Gasteiger partial charge in [-0.05, 0) is 18.7 Å². The predicted octanol–water partition coefficient (Wildman–Crippen LogP) is 2.92.